The molecule has 2 rings (SSSR count). The Morgan fingerprint density at radius 2 is 2.10 bits per heavy atom. The van der Waals surface area contributed by atoms with Crippen molar-refractivity contribution in [1.82, 2.24) is 0 Å². The second kappa shape index (κ2) is 1.74. The molecule has 1 aliphatic carbocycles. The van der Waals surface area contributed by atoms with Crippen LogP contribution >= 0.6 is 0 Å². The molecule has 0 amide bonds. The van der Waals surface area contributed by atoms with Crippen LogP contribution in [0, 0.1) is 5.92 Å². The maximum Gasteiger partial charge on any atom is 0.155 e. The molecule has 1 unspecified atom stereocenters. The van der Waals surface area contributed by atoms with E-state index in [1.54, 1.807) is 0 Å². The van der Waals surface area contributed by atoms with Crippen LogP contribution in [0.1, 0.15) is 12.8 Å². The van der Waals surface area contributed by atoms with Crippen molar-refractivity contribution < 1.29 is 8.42 Å². The van der Waals surface area contributed by atoms with Crippen LogP contribution in [0.15, 0.2) is 0 Å². The van der Waals surface area contributed by atoms with Crippen molar-refractivity contribution in [2.45, 2.75) is 24.1 Å². The van der Waals surface area contributed by atoms with Gasteiger partial charge in [0.15, 0.2) is 9.84 Å². The third-order valence-electron chi connectivity index (χ3n) is 2.54. The van der Waals surface area contributed by atoms with Gasteiger partial charge in [-0.25, -0.2) is 8.42 Å². The van der Waals surface area contributed by atoms with Crippen LogP contribution < -0.4 is 5.73 Å². The zero-order valence-electron chi connectivity index (χ0n) is 5.66. The van der Waals surface area contributed by atoms with Gasteiger partial charge in [0.05, 0.1) is 11.0 Å². The average Bonchev–Trinajstić information content (AvgIpc) is 2.43. The van der Waals surface area contributed by atoms with Crippen LogP contribution in [0.4, 0.5) is 0 Å². The Morgan fingerprint density at radius 3 is 2.60 bits per heavy atom. The fourth-order valence-electron chi connectivity index (χ4n) is 1.89. The second-order valence-corrected chi connectivity index (χ2v) is 5.49. The van der Waals surface area contributed by atoms with Gasteiger partial charge in [0.25, 0.3) is 0 Å². The molecular formula is C6H11NO2S. The number of fused-ring (bicyclic) bond motifs is 1. The quantitative estimate of drug-likeness (QED) is 0.522. The van der Waals surface area contributed by atoms with E-state index in [9.17, 15) is 8.42 Å². The molecule has 3 nitrogen and oxygen atoms in total. The summed E-state index contributed by atoms with van der Waals surface area (Å²) >= 11 is 0. The van der Waals surface area contributed by atoms with Crippen LogP contribution in [-0.4, -0.2) is 25.5 Å². The van der Waals surface area contributed by atoms with Crippen molar-refractivity contribution in [3.8, 4) is 0 Å². The fraction of sp³-hybridized carbons (Fsp3) is 1.00. The Labute approximate surface area is 60.5 Å². The maximum atomic E-state index is 11.2. The van der Waals surface area contributed by atoms with Gasteiger partial charge in [-0.05, 0) is 18.8 Å². The van der Waals surface area contributed by atoms with Crippen LogP contribution in [0.5, 0.6) is 0 Å². The molecule has 0 radical (unpaired) electrons. The first-order valence-corrected chi connectivity index (χ1v) is 5.31. The molecule has 1 saturated heterocycles. The number of nitrogens with two attached hydrogens (primary N) is 1. The van der Waals surface area contributed by atoms with E-state index in [0.717, 1.165) is 12.8 Å². The first-order valence-electron chi connectivity index (χ1n) is 3.60. The fourth-order valence-corrected chi connectivity index (χ4v) is 4.17. The molecule has 0 bridgehead atoms. The largest absolute Gasteiger partial charge is 0.326 e. The minimum Gasteiger partial charge on any atom is -0.326 e. The lowest BCUT2D eigenvalue weighted by Gasteiger charge is -2.07. The summed E-state index contributed by atoms with van der Waals surface area (Å²) in [7, 11) is -2.76. The zero-order chi connectivity index (χ0) is 7.35. The number of hydrogen-bond donors (Lipinski definition) is 1. The Balaban J connectivity index is 2.28. The molecule has 1 heterocycles. The lowest BCUT2D eigenvalue weighted by atomic mass is 10.2. The monoisotopic (exact) mass is 161 g/mol. The Bertz CT molecular complexity index is 246. The van der Waals surface area contributed by atoms with Crippen molar-refractivity contribution in [1.29, 1.82) is 0 Å². The van der Waals surface area contributed by atoms with Crippen molar-refractivity contribution >= 4 is 9.84 Å². The highest BCUT2D eigenvalue weighted by molar-refractivity contribution is 7.92. The molecule has 58 valence electrons. The molecule has 0 spiro atoms. The first-order chi connectivity index (χ1) is 4.63. The van der Waals surface area contributed by atoms with E-state index in [1.165, 1.54) is 0 Å². The van der Waals surface area contributed by atoms with E-state index in [2.05, 4.69) is 0 Å². The van der Waals surface area contributed by atoms with Crippen LogP contribution in [0.3, 0.4) is 0 Å². The summed E-state index contributed by atoms with van der Waals surface area (Å²) in [6, 6.07) is -0.0347. The van der Waals surface area contributed by atoms with Gasteiger partial charge in [-0.15, -0.1) is 0 Å². The van der Waals surface area contributed by atoms with E-state index in [-0.39, 0.29) is 11.3 Å². The summed E-state index contributed by atoms with van der Waals surface area (Å²) in [5, 5.41) is -0.166. The highest BCUT2D eigenvalue weighted by Crippen LogP contribution is 2.43. The molecule has 0 aromatic rings. The molecule has 1 aliphatic heterocycles. The number of sulfone groups is 1. The van der Waals surface area contributed by atoms with Gasteiger partial charge in [0.1, 0.15) is 0 Å². The maximum absolute atomic E-state index is 11.2. The van der Waals surface area contributed by atoms with E-state index in [1.807, 2.05) is 0 Å². The molecule has 0 aromatic heterocycles. The Morgan fingerprint density at radius 1 is 1.40 bits per heavy atom. The topological polar surface area (TPSA) is 60.2 Å². The Hall–Kier alpha value is -0.0900. The van der Waals surface area contributed by atoms with Gasteiger partial charge in [-0.1, -0.05) is 0 Å². The summed E-state index contributed by atoms with van der Waals surface area (Å²) < 4.78 is 22.3. The van der Waals surface area contributed by atoms with E-state index < -0.39 is 9.84 Å². The average molecular weight is 161 g/mol. The highest BCUT2D eigenvalue weighted by atomic mass is 32.2. The van der Waals surface area contributed by atoms with E-state index in [0.29, 0.717) is 11.7 Å². The smallest absolute Gasteiger partial charge is 0.155 e. The third kappa shape index (κ3) is 0.720. The first kappa shape index (κ1) is 6.61. The van der Waals surface area contributed by atoms with Gasteiger partial charge >= 0.3 is 0 Å². The molecule has 2 N–H and O–H groups in total. The van der Waals surface area contributed by atoms with Crippen LogP contribution in [-0.2, 0) is 9.84 Å². The predicted molar refractivity (Wildman–Crippen MR) is 38.3 cm³/mol. The lowest BCUT2D eigenvalue weighted by molar-refractivity contribution is 0.570. The molecule has 2 fully saturated rings. The molecule has 1 saturated carbocycles. The summed E-state index contributed by atoms with van der Waals surface area (Å²) in [6.07, 6.45) is 1.84. The van der Waals surface area contributed by atoms with Gasteiger partial charge in [0, 0.05) is 6.04 Å². The molecule has 0 aromatic carbocycles. The summed E-state index contributed by atoms with van der Waals surface area (Å²) in [5.41, 5.74) is 5.57. The van der Waals surface area contributed by atoms with Crippen molar-refractivity contribution in [3.05, 3.63) is 0 Å². The summed E-state index contributed by atoms with van der Waals surface area (Å²) in [5.74, 6) is 0.667. The number of rotatable bonds is 0. The minimum absolute atomic E-state index is 0.0347. The van der Waals surface area contributed by atoms with Crippen molar-refractivity contribution in [2.24, 2.45) is 11.7 Å². The normalized spacial score (nSPS) is 49.9. The van der Waals surface area contributed by atoms with Crippen molar-refractivity contribution in [2.75, 3.05) is 5.75 Å². The SMILES string of the molecule is NC1[C@H]2CCCS(=O)(=O)[C@@H]12. The zero-order valence-corrected chi connectivity index (χ0v) is 6.47. The van der Waals surface area contributed by atoms with Crippen LogP contribution in [0.2, 0.25) is 0 Å². The lowest BCUT2D eigenvalue weighted by Crippen LogP contribution is -2.20. The molecule has 2 aliphatic rings. The van der Waals surface area contributed by atoms with Gasteiger partial charge in [-0.3, -0.25) is 0 Å². The van der Waals surface area contributed by atoms with Gasteiger partial charge < -0.3 is 5.73 Å². The predicted octanol–water partition coefficient (Wildman–Crippen LogP) is -0.479. The number of hydrogen-bond acceptors (Lipinski definition) is 3. The molecule has 3 atom stereocenters. The molecule has 4 heteroatoms. The third-order valence-corrected chi connectivity index (χ3v) is 4.89. The van der Waals surface area contributed by atoms with Gasteiger partial charge in [-0.2, -0.15) is 0 Å². The van der Waals surface area contributed by atoms with E-state index >= 15 is 0 Å². The summed E-state index contributed by atoms with van der Waals surface area (Å²) in [6.45, 7) is 0. The van der Waals surface area contributed by atoms with Crippen molar-refractivity contribution in [3.63, 3.8) is 0 Å². The second-order valence-electron chi connectivity index (χ2n) is 3.22. The minimum atomic E-state index is -2.76. The summed E-state index contributed by atoms with van der Waals surface area (Å²) in [4.78, 5) is 0. The standard InChI is InChI=1S/C6H11NO2S/c7-5-4-2-1-3-10(8,9)6(4)5/h4-6H,1-3,7H2/t4-,5?,6-/m1/s1. The molecular weight excluding hydrogens is 150 g/mol. The Kier molecular flexibility index (Phi) is 1.15. The van der Waals surface area contributed by atoms with E-state index in [4.69, 9.17) is 5.73 Å². The van der Waals surface area contributed by atoms with Gasteiger partial charge in [0.2, 0.25) is 0 Å². The molecule has 10 heavy (non-hydrogen) atoms. The highest BCUT2D eigenvalue weighted by Gasteiger charge is 2.57. The van der Waals surface area contributed by atoms with Crippen LogP contribution in [0.25, 0.3) is 0 Å².